The number of rotatable bonds is 3. The Bertz CT molecular complexity index is 40.3. The molecule has 0 heterocycles. The molecule has 0 radical (unpaired) electrons. The van der Waals surface area contributed by atoms with Gasteiger partial charge in [0.1, 0.15) is 0 Å². The molecular weight excluding hydrogens is 98.1 g/mol. The van der Waals surface area contributed by atoms with Gasteiger partial charge < -0.3 is 5.73 Å². The van der Waals surface area contributed by atoms with E-state index >= 15 is 0 Å². The van der Waals surface area contributed by atoms with Crippen molar-refractivity contribution in [3.05, 3.63) is 0 Å². The SMILES string of the molecule is CC(C)CC[C@H](C)N. The summed E-state index contributed by atoms with van der Waals surface area (Å²) in [6.45, 7) is 6.51. The number of hydrogen-bond donors (Lipinski definition) is 1. The van der Waals surface area contributed by atoms with Gasteiger partial charge in [0.2, 0.25) is 0 Å². The molecule has 0 aromatic carbocycles. The van der Waals surface area contributed by atoms with Gasteiger partial charge in [-0.2, -0.15) is 0 Å². The molecule has 50 valence electrons. The van der Waals surface area contributed by atoms with E-state index in [0.717, 1.165) is 12.3 Å². The first-order valence-electron chi connectivity index (χ1n) is 3.38. The highest BCUT2D eigenvalue weighted by molar-refractivity contribution is 4.54. The average molecular weight is 115 g/mol. The van der Waals surface area contributed by atoms with Gasteiger partial charge in [0.15, 0.2) is 0 Å². The molecule has 2 N–H and O–H groups in total. The minimum atomic E-state index is 0.386. The minimum absolute atomic E-state index is 0.386. The average Bonchev–Trinajstić information content (AvgIpc) is 1.61. The molecule has 0 aromatic rings. The first-order chi connectivity index (χ1) is 3.63. The maximum atomic E-state index is 5.54. The summed E-state index contributed by atoms with van der Waals surface area (Å²) in [5, 5.41) is 0. The molecule has 1 heteroatoms. The third-order valence-corrected chi connectivity index (χ3v) is 1.20. The van der Waals surface area contributed by atoms with E-state index in [1.807, 2.05) is 0 Å². The van der Waals surface area contributed by atoms with Gasteiger partial charge >= 0.3 is 0 Å². The first-order valence-corrected chi connectivity index (χ1v) is 3.38. The lowest BCUT2D eigenvalue weighted by atomic mass is 10.1. The smallest absolute Gasteiger partial charge is 0.00105 e. The molecule has 0 aliphatic carbocycles. The molecular formula is C7H17N. The van der Waals surface area contributed by atoms with Crippen LogP contribution in [0.4, 0.5) is 0 Å². The molecule has 0 spiro atoms. The van der Waals surface area contributed by atoms with E-state index < -0.39 is 0 Å². The molecule has 0 rings (SSSR count). The third kappa shape index (κ3) is 5.96. The third-order valence-electron chi connectivity index (χ3n) is 1.20. The van der Waals surface area contributed by atoms with Crippen LogP contribution < -0.4 is 5.73 Å². The van der Waals surface area contributed by atoms with Crippen LogP contribution in [-0.4, -0.2) is 6.04 Å². The second-order valence-electron chi connectivity index (χ2n) is 2.95. The summed E-state index contributed by atoms with van der Waals surface area (Å²) in [6.07, 6.45) is 2.43. The van der Waals surface area contributed by atoms with Gasteiger partial charge in [0.05, 0.1) is 0 Å². The predicted octanol–water partition coefficient (Wildman–Crippen LogP) is 1.77. The number of nitrogens with two attached hydrogens (primary N) is 1. The quantitative estimate of drug-likeness (QED) is 0.596. The Kier molecular flexibility index (Phi) is 3.88. The van der Waals surface area contributed by atoms with E-state index in [1.54, 1.807) is 0 Å². The monoisotopic (exact) mass is 115 g/mol. The summed E-state index contributed by atoms with van der Waals surface area (Å²) in [5.74, 6) is 0.806. The zero-order valence-electron chi connectivity index (χ0n) is 6.15. The van der Waals surface area contributed by atoms with E-state index in [-0.39, 0.29) is 0 Å². The van der Waals surface area contributed by atoms with Crippen LogP contribution in [0.3, 0.4) is 0 Å². The van der Waals surface area contributed by atoms with Crippen molar-refractivity contribution in [2.24, 2.45) is 11.7 Å². The van der Waals surface area contributed by atoms with Gasteiger partial charge in [-0.1, -0.05) is 13.8 Å². The molecule has 0 unspecified atom stereocenters. The second-order valence-corrected chi connectivity index (χ2v) is 2.95. The van der Waals surface area contributed by atoms with Crippen LogP contribution in [0.5, 0.6) is 0 Å². The zero-order valence-corrected chi connectivity index (χ0v) is 6.15. The molecule has 0 amide bonds. The summed E-state index contributed by atoms with van der Waals surface area (Å²) < 4.78 is 0. The molecule has 0 aliphatic heterocycles. The maximum Gasteiger partial charge on any atom is 0.00105 e. The van der Waals surface area contributed by atoms with Gasteiger partial charge in [-0.3, -0.25) is 0 Å². The van der Waals surface area contributed by atoms with Crippen molar-refractivity contribution in [1.82, 2.24) is 0 Å². The molecule has 1 atom stereocenters. The van der Waals surface area contributed by atoms with Crippen molar-refractivity contribution in [2.75, 3.05) is 0 Å². The lowest BCUT2D eigenvalue weighted by Crippen LogP contribution is -2.14. The van der Waals surface area contributed by atoms with Crippen LogP contribution in [0, 0.1) is 5.92 Å². The topological polar surface area (TPSA) is 26.0 Å². The maximum absolute atomic E-state index is 5.54. The Morgan fingerprint density at radius 2 is 1.62 bits per heavy atom. The Hall–Kier alpha value is -0.0400. The standard InChI is InChI=1S/C7H17N/c1-6(2)4-5-7(3)8/h6-7H,4-5,8H2,1-3H3/t7-/m0/s1. The highest BCUT2D eigenvalue weighted by Crippen LogP contribution is 2.04. The molecule has 0 aliphatic rings. The second kappa shape index (κ2) is 3.90. The van der Waals surface area contributed by atoms with E-state index in [2.05, 4.69) is 20.8 Å². The zero-order chi connectivity index (χ0) is 6.57. The van der Waals surface area contributed by atoms with E-state index in [4.69, 9.17) is 5.73 Å². The van der Waals surface area contributed by atoms with Gasteiger partial charge in [-0.15, -0.1) is 0 Å². The minimum Gasteiger partial charge on any atom is -0.328 e. The molecule has 8 heavy (non-hydrogen) atoms. The van der Waals surface area contributed by atoms with Gasteiger partial charge in [0, 0.05) is 6.04 Å². The Morgan fingerprint density at radius 3 is 1.75 bits per heavy atom. The molecule has 0 saturated carbocycles. The molecule has 0 fully saturated rings. The molecule has 0 aromatic heterocycles. The van der Waals surface area contributed by atoms with Crippen LogP contribution in [0.1, 0.15) is 33.6 Å². The lowest BCUT2D eigenvalue weighted by molar-refractivity contribution is 0.514. The van der Waals surface area contributed by atoms with Crippen LogP contribution in [-0.2, 0) is 0 Å². The van der Waals surface area contributed by atoms with E-state index in [0.29, 0.717) is 6.04 Å². The fraction of sp³-hybridized carbons (Fsp3) is 1.00. The predicted molar refractivity (Wildman–Crippen MR) is 37.7 cm³/mol. The Labute approximate surface area is 52.3 Å². The molecule has 0 saturated heterocycles. The van der Waals surface area contributed by atoms with Crippen molar-refractivity contribution >= 4 is 0 Å². The van der Waals surface area contributed by atoms with Crippen LogP contribution in [0.25, 0.3) is 0 Å². The van der Waals surface area contributed by atoms with E-state index in [1.165, 1.54) is 6.42 Å². The lowest BCUT2D eigenvalue weighted by Gasteiger charge is -2.05. The molecule has 1 nitrogen and oxygen atoms in total. The fourth-order valence-corrected chi connectivity index (χ4v) is 0.596. The summed E-state index contributed by atoms with van der Waals surface area (Å²) in [6, 6.07) is 0.386. The summed E-state index contributed by atoms with van der Waals surface area (Å²) >= 11 is 0. The van der Waals surface area contributed by atoms with Crippen LogP contribution in [0.2, 0.25) is 0 Å². The fourth-order valence-electron chi connectivity index (χ4n) is 0.596. The summed E-state index contributed by atoms with van der Waals surface area (Å²) in [7, 11) is 0. The van der Waals surface area contributed by atoms with Crippen LogP contribution in [0.15, 0.2) is 0 Å². The van der Waals surface area contributed by atoms with Crippen LogP contribution >= 0.6 is 0 Å². The Morgan fingerprint density at radius 1 is 1.12 bits per heavy atom. The van der Waals surface area contributed by atoms with Gasteiger partial charge in [-0.05, 0) is 25.7 Å². The number of hydrogen-bond acceptors (Lipinski definition) is 1. The van der Waals surface area contributed by atoms with Crippen molar-refractivity contribution in [2.45, 2.75) is 39.7 Å². The van der Waals surface area contributed by atoms with E-state index in [9.17, 15) is 0 Å². The summed E-state index contributed by atoms with van der Waals surface area (Å²) in [4.78, 5) is 0. The van der Waals surface area contributed by atoms with Gasteiger partial charge in [-0.25, -0.2) is 0 Å². The summed E-state index contributed by atoms with van der Waals surface area (Å²) in [5.41, 5.74) is 5.54. The van der Waals surface area contributed by atoms with Crippen molar-refractivity contribution in [1.29, 1.82) is 0 Å². The van der Waals surface area contributed by atoms with Crippen molar-refractivity contribution < 1.29 is 0 Å². The largest absolute Gasteiger partial charge is 0.328 e. The molecule has 0 bridgehead atoms. The Balaban J connectivity index is 2.93. The van der Waals surface area contributed by atoms with Gasteiger partial charge in [0.25, 0.3) is 0 Å². The highest BCUT2D eigenvalue weighted by atomic mass is 14.6. The highest BCUT2D eigenvalue weighted by Gasteiger charge is 1.95. The first kappa shape index (κ1) is 7.96. The van der Waals surface area contributed by atoms with Crippen molar-refractivity contribution in [3.8, 4) is 0 Å². The normalized spacial score (nSPS) is 14.6. The van der Waals surface area contributed by atoms with Crippen molar-refractivity contribution in [3.63, 3.8) is 0 Å².